The summed E-state index contributed by atoms with van der Waals surface area (Å²) in [4.78, 5) is 150. The summed E-state index contributed by atoms with van der Waals surface area (Å²) < 4.78 is 44.6. The maximum atomic E-state index is 13.8. The van der Waals surface area contributed by atoms with Gasteiger partial charge in [-0.05, 0) is 349 Å². The van der Waals surface area contributed by atoms with Gasteiger partial charge in [0.1, 0.15) is 0 Å². The van der Waals surface area contributed by atoms with E-state index in [0.717, 1.165) is 44.5 Å². The molecule has 134 heavy (non-hydrogen) atoms. The van der Waals surface area contributed by atoms with Gasteiger partial charge in [-0.25, -0.2) is 58.3 Å². The Morgan fingerprint density at radius 3 is 0.619 bits per heavy atom. The first-order valence-electron chi connectivity index (χ1n) is 44.4. The number of carbonyl (C=O) groups excluding carboxylic acids is 8. The lowest BCUT2D eigenvalue weighted by Gasteiger charge is -2.26. The van der Waals surface area contributed by atoms with Crippen molar-refractivity contribution >= 4 is 151 Å². The topological polar surface area (TPSA) is 306 Å². The number of hydrogen-bond donors (Lipinski definition) is 2. The molecule has 2 aliphatic heterocycles. The number of benzene rings is 10. The van der Waals surface area contributed by atoms with Crippen LogP contribution in [0.1, 0.15) is 195 Å². The summed E-state index contributed by atoms with van der Waals surface area (Å²) in [7, 11) is 0. The first-order valence-corrected chi connectivity index (χ1v) is 44.4. The van der Waals surface area contributed by atoms with Crippen LogP contribution in [0.3, 0.4) is 0 Å². The van der Waals surface area contributed by atoms with E-state index in [2.05, 4.69) is 34.2 Å². The molecule has 0 amide bonds. The van der Waals surface area contributed by atoms with Crippen LogP contribution in [0.5, 0.6) is 0 Å². The van der Waals surface area contributed by atoms with Crippen molar-refractivity contribution in [3.05, 3.63) is 331 Å². The van der Waals surface area contributed by atoms with Crippen molar-refractivity contribution in [1.29, 1.82) is 0 Å². The van der Waals surface area contributed by atoms with Crippen molar-refractivity contribution in [2.45, 2.75) is 96.9 Å². The third-order valence-electron chi connectivity index (χ3n) is 22.4. The lowest BCUT2D eigenvalue weighted by Crippen LogP contribution is -2.16. The Balaban J connectivity index is 1.19. The number of carbonyl (C=O) groups is 8. The molecule has 26 nitrogen and oxygen atoms in total. The number of ether oxygens (including phenoxy) is 8. The maximum Gasteiger partial charge on any atom is 0.338 e. The Morgan fingerprint density at radius 2 is 0.433 bits per heavy atom. The van der Waals surface area contributed by atoms with E-state index < -0.39 is 47.8 Å². The van der Waals surface area contributed by atoms with Crippen LogP contribution in [0, 0.1) is 41.5 Å². The normalized spacial score (nSPS) is 11.5. The zero-order valence-corrected chi connectivity index (χ0v) is 76.9. The van der Waals surface area contributed by atoms with Crippen molar-refractivity contribution < 1.29 is 76.3 Å². The summed E-state index contributed by atoms with van der Waals surface area (Å²) in [5.41, 5.74) is 17.3. The zero-order valence-electron chi connectivity index (χ0n) is 76.9. The zero-order chi connectivity index (χ0) is 94.7. The van der Waals surface area contributed by atoms with Gasteiger partial charge in [0.15, 0.2) is 22.9 Å². The van der Waals surface area contributed by atoms with Gasteiger partial charge >= 0.3 is 47.8 Å². The third-order valence-corrected chi connectivity index (χ3v) is 22.4. The largest absolute Gasteiger partial charge is 0.462 e. The minimum atomic E-state index is -0.550. The molecule has 0 saturated heterocycles. The number of nitrogens with zero attached hydrogens (tertiary/aromatic N) is 8. The molecule has 0 spiro atoms. The summed E-state index contributed by atoms with van der Waals surface area (Å²) in [6.07, 6.45) is 3.86. The first-order chi connectivity index (χ1) is 64.8. The number of rotatable bonds is 30. The standard InChI is InChI=1S/C108H100N10O16/c1-15-127-101(119)69-23-39-77(40-24-69)115(78-41-25-70(26-42-78)102(120)128-16-2)89-59-85-95(93-65(11)55-63(9)56-66(93)12)86-60-91(117(81-47-31-73(32-48-81)105(123)131-19-5)82-49-33-74(34-50-82)106(124)132-20-6)99(111-86)114-100-92(118(83-51-35-75(36-52-83)107(125)133-21-7)84-53-37-76(38-54-84)108(126)134-22-8)62-88(112-100)96(94-67(13)57-64(10)58-68(94)14)87-61-90(98(110-87)113-97(89)109-85)116(79-43-27-71(28-44-79)103(121)129-17-3)80-45-29-72(30-46-80)104(122)130-18-4/h23-62H,15-22H2,1-14H3,(H,109,110,113)(H,111,112,114). The number of aryl methyl sites for hydroxylation is 6. The number of aromatic amines is 2. The lowest BCUT2D eigenvalue weighted by atomic mass is 9.92. The first kappa shape index (κ1) is 92.3. The quantitative estimate of drug-likeness (QED) is 0.0312. The van der Waals surface area contributed by atoms with Crippen LogP contribution in [-0.2, 0) is 37.9 Å². The molecule has 2 aliphatic rings. The number of anilines is 10. The average Bonchev–Trinajstić information content (AvgIpc) is 1.58. The smallest absolute Gasteiger partial charge is 0.338 e. The molecule has 8 bridgehead atoms. The number of aromatic nitrogens is 6. The molecule has 0 radical (unpaired) electrons. The van der Waals surface area contributed by atoms with Crippen LogP contribution in [0.25, 0.3) is 68.1 Å². The van der Waals surface area contributed by atoms with Gasteiger partial charge < -0.3 is 67.5 Å². The second-order valence-electron chi connectivity index (χ2n) is 31.5. The Bertz CT molecular complexity index is 6240. The van der Waals surface area contributed by atoms with Crippen LogP contribution >= 0.6 is 0 Å². The Kier molecular flexibility index (Phi) is 28.1. The minimum Gasteiger partial charge on any atom is -0.462 e. The van der Waals surface area contributed by atoms with Gasteiger partial charge in [-0.1, -0.05) is 35.4 Å². The molecule has 15 rings (SSSR count). The van der Waals surface area contributed by atoms with Crippen LogP contribution in [0.15, 0.2) is 231 Å². The molecule has 10 aromatic carbocycles. The molecule has 0 saturated carbocycles. The number of fused-ring (bicyclic) bond motifs is 8. The van der Waals surface area contributed by atoms with Gasteiger partial charge in [-0.2, -0.15) is 0 Å². The number of esters is 8. The van der Waals surface area contributed by atoms with Crippen molar-refractivity contribution in [2.75, 3.05) is 72.5 Å². The third kappa shape index (κ3) is 19.4. The van der Waals surface area contributed by atoms with Crippen LogP contribution in [0.2, 0.25) is 0 Å². The van der Waals surface area contributed by atoms with Gasteiger partial charge in [-0.3, -0.25) is 0 Å². The minimum absolute atomic E-state index is 0.0985. The molecule has 0 unspecified atom stereocenters. The van der Waals surface area contributed by atoms with Crippen LogP contribution in [-0.4, -0.2) is 131 Å². The highest BCUT2D eigenvalue weighted by molar-refractivity contribution is 6.08. The Morgan fingerprint density at radius 1 is 0.246 bits per heavy atom. The van der Waals surface area contributed by atoms with E-state index in [4.69, 9.17) is 57.8 Å². The maximum absolute atomic E-state index is 13.8. The van der Waals surface area contributed by atoms with Gasteiger partial charge in [-0.15, -0.1) is 0 Å². The summed E-state index contributed by atoms with van der Waals surface area (Å²) >= 11 is 0. The SMILES string of the molecule is CCOC(=O)c1ccc(N(C2=Cc3nc2nc2[nH]c(cc2N(c2ccc(C(=O)OCC)cc2)c2ccc(C(=O)OCC)cc2)c(-c2c(C)cc(C)cc2C)c2nc(nc4[nH]c(cc4N(c4ccc(C(=O)OCC)cc4)c4ccc(C(=O)OCC)cc4)c3-c3c(C)cc(C)cc3C)C(N(c3ccc(C(=O)OCC)cc3)c3ccc(C(=O)OCC)cc3)=C2)c2ccc(C(=O)OCC)cc2)cc1. The fourth-order valence-electron chi connectivity index (χ4n) is 16.8. The number of H-pyrrole nitrogens is 2. The number of nitrogens with one attached hydrogen (secondary N) is 2. The molecule has 26 heteroatoms. The van der Waals surface area contributed by atoms with Crippen molar-refractivity contribution in [1.82, 2.24) is 29.9 Å². The predicted octanol–water partition coefficient (Wildman–Crippen LogP) is 23.3. The van der Waals surface area contributed by atoms with Crippen molar-refractivity contribution in [2.24, 2.45) is 0 Å². The van der Waals surface area contributed by atoms with Crippen LogP contribution in [0.4, 0.5) is 56.9 Å². The Labute approximate surface area is 775 Å². The second-order valence-corrected chi connectivity index (χ2v) is 31.5. The van der Waals surface area contributed by atoms with Gasteiger partial charge in [0.05, 0.1) is 143 Å². The fourth-order valence-corrected chi connectivity index (χ4v) is 16.8. The van der Waals surface area contributed by atoms with E-state index >= 15 is 0 Å². The molecule has 678 valence electrons. The van der Waals surface area contributed by atoms with E-state index in [1.807, 2.05) is 85.4 Å². The summed E-state index contributed by atoms with van der Waals surface area (Å²) in [5, 5.41) is 0. The van der Waals surface area contributed by atoms with E-state index in [9.17, 15) is 38.4 Å². The highest BCUT2D eigenvalue weighted by atomic mass is 16.6. The van der Waals surface area contributed by atoms with Crippen LogP contribution < -0.4 is 19.6 Å². The monoisotopic (exact) mass is 1790 g/mol. The average molecular weight is 1790 g/mol. The van der Waals surface area contributed by atoms with Crippen molar-refractivity contribution in [3.63, 3.8) is 0 Å². The fraction of sp³-hybridized carbons (Fsp3) is 0.204. The van der Waals surface area contributed by atoms with Gasteiger partial charge in [0, 0.05) is 56.6 Å². The van der Waals surface area contributed by atoms with Gasteiger partial charge in [0.2, 0.25) is 0 Å². The highest BCUT2D eigenvalue weighted by Gasteiger charge is 2.34. The van der Waals surface area contributed by atoms with E-state index in [-0.39, 0.29) is 120 Å². The molecule has 0 atom stereocenters. The highest BCUT2D eigenvalue weighted by Crippen LogP contribution is 2.49. The molecule has 13 aromatic rings. The molecule has 5 heterocycles. The molecular weight excluding hydrogens is 1690 g/mol. The molecule has 0 fully saturated rings. The summed E-state index contributed by atoms with van der Waals surface area (Å²) in [5.74, 6) is -4.20. The summed E-state index contributed by atoms with van der Waals surface area (Å²) in [6.45, 7) is 27.0. The Hall–Kier alpha value is -16.4. The number of hydrogen-bond acceptors (Lipinski definition) is 24. The van der Waals surface area contributed by atoms with Crippen molar-refractivity contribution in [3.8, 4) is 22.3 Å². The van der Waals surface area contributed by atoms with E-state index in [1.54, 1.807) is 250 Å². The molecular formula is C108H100N10O16. The van der Waals surface area contributed by atoms with E-state index in [0.29, 0.717) is 102 Å². The predicted molar refractivity (Wildman–Crippen MR) is 519 cm³/mol. The molecule has 3 aromatic heterocycles. The molecule has 2 N–H and O–H groups in total. The lowest BCUT2D eigenvalue weighted by molar-refractivity contribution is 0.0516. The molecule has 0 aliphatic carbocycles. The van der Waals surface area contributed by atoms with Gasteiger partial charge in [0.25, 0.3) is 0 Å². The van der Waals surface area contributed by atoms with E-state index in [1.165, 1.54) is 0 Å². The summed E-state index contributed by atoms with van der Waals surface area (Å²) in [6, 6.07) is 67.6. The second kappa shape index (κ2) is 40.7.